The number of benzene rings is 1. The minimum Gasteiger partial charge on any atom is -0.437 e. The third kappa shape index (κ3) is 3.37. The molecule has 1 N–H and O–H groups in total. The first-order valence-electron chi connectivity index (χ1n) is 10.8. The standard InChI is InChI=1S/C23H21F2N5O2/c1-11-27-23-21(32-11)20(15-5-4-14(24)9-17(15)25)28-22(29-23)13-6-7-31-18(8-13)16-10-26-30-19(16)12-2-3-12/h4-5,9-10,12-13,18H,2-3,6-8H2,1H3,(H,26,30)/t13-,18+/m0/s1. The molecule has 0 amide bonds. The number of nitrogens with zero attached hydrogens (tertiary/aromatic N) is 4. The molecule has 1 aromatic carbocycles. The van der Waals surface area contributed by atoms with Crippen LogP contribution in [0.5, 0.6) is 0 Å². The van der Waals surface area contributed by atoms with E-state index >= 15 is 0 Å². The lowest BCUT2D eigenvalue weighted by Gasteiger charge is -2.29. The zero-order valence-corrected chi connectivity index (χ0v) is 17.4. The summed E-state index contributed by atoms with van der Waals surface area (Å²) < 4.78 is 39.9. The normalized spacial score (nSPS) is 21.3. The van der Waals surface area contributed by atoms with Gasteiger partial charge in [0, 0.05) is 48.8 Å². The van der Waals surface area contributed by atoms with Crippen LogP contribution in [0.15, 0.2) is 28.8 Å². The fraction of sp³-hybridized carbons (Fsp3) is 0.391. The highest BCUT2D eigenvalue weighted by Gasteiger charge is 2.35. The Morgan fingerprint density at radius 1 is 1.06 bits per heavy atom. The minimum atomic E-state index is -0.706. The number of halogens is 2. The summed E-state index contributed by atoms with van der Waals surface area (Å²) in [4.78, 5) is 13.7. The van der Waals surface area contributed by atoms with Gasteiger partial charge in [-0.15, -0.1) is 0 Å². The Bertz CT molecular complexity index is 1310. The van der Waals surface area contributed by atoms with Crippen molar-refractivity contribution in [1.82, 2.24) is 25.1 Å². The van der Waals surface area contributed by atoms with E-state index in [-0.39, 0.29) is 23.3 Å². The average Bonchev–Trinajstić information content (AvgIpc) is 3.37. The zero-order valence-electron chi connectivity index (χ0n) is 17.4. The maximum Gasteiger partial charge on any atom is 0.202 e. The molecule has 6 rings (SSSR count). The number of aromatic amines is 1. The number of aryl methyl sites for hydroxylation is 1. The molecule has 2 aliphatic rings. The predicted octanol–water partition coefficient (Wildman–Crippen LogP) is 5.11. The minimum absolute atomic E-state index is 0.000584. The Kier molecular flexibility index (Phi) is 4.53. The van der Waals surface area contributed by atoms with Crippen LogP contribution >= 0.6 is 0 Å². The molecule has 0 bridgehead atoms. The van der Waals surface area contributed by atoms with Gasteiger partial charge in [-0.2, -0.15) is 10.1 Å². The van der Waals surface area contributed by atoms with Crippen LogP contribution in [-0.4, -0.2) is 31.8 Å². The fourth-order valence-electron chi connectivity index (χ4n) is 4.49. The van der Waals surface area contributed by atoms with Gasteiger partial charge < -0.3 is 9.15 Å². The van der Waals surface area contributed by atoms with Crippen molar-refractivity contribution in [3.63, 3.8) is 0 Å². The van der Waals surface area contributed by atoms with Crippen molar-refractivity contribution in [1.29, 1.82) is 0 Å². The first-order valence-corrected chi connectivity index (χ1v) is 10.8. The fourth-order valence-corrected chi connectivity index (χ4v) is 4.49. The molecule has 4 heterocycles. The van der Waals surface area contributed by atoms with Crippen LogP contribution in [0.4, 0.5) is 8.78 Å². The summed E-state index contributed by atoms with van der Waals surface area (Å²) in [6.07, 6.45) is 5.56. The summed E-state index contributed by atoms with van der Waals surface area (Å²) in [5.41, 5.74) is 3.30. The van der Waals surface area contributed by atoms with Crippen LogP contribution in [-0.2, 0) is 4.74 Å². The van der Waals surface area contributed by atoms with Gasteiger partial charge >= 0.3 is 0 Å². The number of oxazole rings is 1. The van der Waals surface area contributed by atoms with Gasteiger partial charge in [0.25, 0.3) is 0 Å². The van der Waals surface area contributed by atoms with E-state index in [0.717, 1.165) is 36.6 Å². The molecule has 7 nitrogen and oxygen atoms in total. The highest BCUT2D eigenvalue weighted by molar-refractivity contribution is 5.85. The lowest BCUT2D eigenvalue weighted by molar-refractivity contribution is 0.00352. The van der Waals surface area contributed by atoms with Gasteiger partial charge in [-0.05, 0) is 37.8 Å². The Hall–Kier alpha value is -3.20. The topological polar surface area (TPSA) is 89.7 Å². The highest BCUT2D eigenvalue weighted by Crippen LogP contribution is 2.45. The molecule has 2 atom stereocenters. The van der Waals surface area contributed by atoms with Crippen LogP contribution in [0.2, 0.25) is 0 Å². The molecule has 0 unspecified atom stereocenters. The Morgan fingerprint density at radius 2 is 1.94 bits per heavy atom. The molecule has 164 valence electrons. The third-order valence-electron chi connectivity index (χ3n) is 6.23. The van der Waals surface area contributed by atoms with Crippen molar-refractivity contribution in [2.45, 2.75) is 50.5 Å². The molecule has 0 spiro atoms. The SMILES string of the molecule is Cc1nc2nc([C@H]3CCO[C@@H](c4c[nH]nc4C4CC4)C3)nc(-c3ccc(F)cc3F)c2o1. The summed E-state index contributed by atoms with van der Waals surface area (Å²) in [5, 5.41) is 7.42. The average molecular weight is 437 g/mol. The van der Waals surface area contributed by atoms with E-state index in [4.69, 9.17) is 14.1 Å². The van der Waals surface area contributed by atoms with Crippen molar-refractivity contribution >= 4 is 11.2 Å². The molecule has 1 aliphatic carbocycles. The molecule has 1 saturated carbocycles. The van der Waals surface area contributed by atoms with E-state index in [1.54, 1.807) is 6.92 Å². The molecule has 9 heteroatoms. The van der Waals surface area contributed by atoms with Crippen molar-refractivity contribution in [2.75, 3.05) is 6.61 Å². The molecular weight excluding hydrogens is 416 g/mol. The van der Waals surface area contributed by atoms with Crippen LogP contribution < -0.4 is 0 Å². The van der Waals surface area contributed by atoms with E-state index < -0.39 is 11.6 Å². The number of H-pyrrole nitrogens is 1. The molecular formula is C23H21F2N5O2. The van der Waals surface area contributed by atoms with Crippen molar-refractivity contribution in [3.8, 4) is 11.3 Å². The van der Waals surface area contributed by atoms with Gasteiger partial charge in [0.1, 0.15) is 23.2 Å². The summed E-state index contributed by atoms with van der Waals surface area (Å²) in [6.45, 7) is 2.26. The number of aromatic nitrogens is 5. The second-order valence-corrected chi connectivity index (χ2v) is 8.52. The van der Waals surface area contributed by atoms with Crippen LogP contribution in [0, 0.1) is 18.6 Å². The van der Waals surface area contributed by atoms with E-state index in [1.807, 2.05) is 6.20 Å². The molecule has 32 heavy (non-hydrogen) atoms. The molecule has 4 aromatic rings. The molecule has 1 saturated heterocycles. The van der Waals surface area contributed by atoms with E-state index in [2.05, 4.69) is 20.2 Å². The predicted molar refractivity (Wildman–Crippen MR) is 111 cm³/mol. The quantitative estimate of drug-likeness (QED) is 0.477. The maximum absolute atomic E-state index is 14.6. The molecule has 1 aliphatic heterocycles. The number of hydrogen-bond acceptors (Lipinski definition) is 6. The summed E-state index contributed by atoms with van der Waals surface area (Å²) in [7, 11) is 0. The number of ether oxygens (including phenoxy) is 1. The third-order valence-corrected chi connectivity index (χ3v) is 6.23. The Morgan fingerprint density at radius 3 is 2.75 bits per heavy atom. The van der Waals surface area contributed by atoms with Crippen LogP contribution in [0.25, 0.3) is 22.5 Å². The monoisotopic (exact) mass is 437 g/mol. The number of fused-ring (bicyclic) bond motifs is 1. The van der Waals surface area contributed by atoms with Gasteiger partial charge in [0.2, 0.25) is 5.65 Å². The number of nitrogens with one attached hydrogen (secondary N) is 1. The van der Waals surface area contributed by atoms with Crippen molar-refractivity contribution in [3.05, 3.63) is 59.0 Å². The van der Waals surface area contributed by atoms with Crippen molar-refractivity contribution in [2.24, 2.45) is 0 Å². The zero-order chi connectivity index (χ0) is 21.8. The summed E-state index contributed by atoms with van der Waals surface area (Å²) in [6, 6.07) is 3.42. The smallest absolute Gasteiger partial charge is 0.202 e. The molecule has 3 aromatic heterocycles. The second kappa shape index (κ2) is 7.44. The molecule has 2 fully saturated rings. The first kappa shape index (κ1) is 19.5. The van der Waals surface area contributed by atoms with E-state index in [9.17, 15) is 8.78 Å². The van der Waals surface area contributed by atoms with Gasteiger partial charge in [-0.3, -0.25) is 5.10 Å². The number of hydrogen-bond donors (Lipinski definition) is 1. The van der Waals surface area contributed by atoms with Gasteiger partial charge in [-0.25, -0.2) is 18.7 Å². The molecule has 0 radical (unpaired) electrons. The maximum atomic E-state index is 14.6. The largest absolute Gasteiger partial charge is 0.437 e. The number of rotatable bonds is 4. The van der Waals surface area contributed by atoms with Gasteiger partial charge in [0.05, 0.1) is 11.8 Å². The highest BCUT2D eigenvalue weighted by atomic mass is 19.1. The Balaban J connectivity index is 1.40. The van der Waals surface area contributed by atoms with E-state index in [0.29, 0.717) is 41.9 Å². The van der Waals surface area contributed by atoms with Crippen molar-refractivity contribution < 1.29 is 17.9 Å². The Labute approximate surface area is 182 Å². The summed E-state index contributed by atoms with van der Waals surface area (Å²) in [5.74, 6) is 0.131. The van der Waals surface area contributed by atoms with Gasteiger partial charge in [0.15, 0.2) is 11.5 Å². The first-order chi connectivity index (χ1) is 15.6. The second-order valence-electron chi connectivity index (χ2n) is 8.52. The van der Waals surface area contributed by atoms with Crippen LogP contribution in [0.1, 0.15) is 66.6 Å². The lowest BCUT2D eigenvalue weighted by atomic mass is 9.90. The van der Waals surface area contributed by atoms with Crippen LogP contribution in [0.3, 0.4) is 0 Å². The van der Waals surface area contributed by atoms with E-state index in [1.165, 1.54) is 12.1 Å². The summed E-state index contributed by atoms with van der Waals surface area (Å²) >= 11 is 0. The lowest BCUT2D eigenvalue weighted by Crippen LogP contribution is -2.21. The van der Waals surface area contributed by atoms with Gasteiger partial charge in [-0.1, -0.05) is 0 Å².